The van der Waals surface area contributed by atoms with Crippen LogP contribution in [0.1, 0.15) is 25.3 Å². The predicted molar refractivity (Wildman–Crippen MR) is 64.4 cm³/mol. The van der Waals surface area contributed by atoms with E-state index in [2.05, 4.69) is 50.3 Å². The van der Waals surface area contributed by atoms with E-state index in [-0.39, 0.29) is 0 Å². The Labute approximate surface area is 91.3 Å². The van der Waals surface area contributed by atoms with Gasteiger partial charge in [-0.05, 0) is 24.0 Å². The van der Waals surface area contributed by atoms with Crippen LogP contribution in [0.25, 0.3) is 0 Å². The quantitative estimate of drug-likeness (QED) is 0.738. The second-order valence-electron chi connectivity index (χ2n) is 4.27. The molecule has 1 aliphatic rings. The summed E-state index contributed by atoms with van der Waals surface area (Å²) in [6.07, 6.45) is 4.43. The van der Waals surface area contributed by atoms with Gasteiger partial charge in [0.25, 0.3) is 0 Å². The number of nitrogens with two attached hydrogens (primary N) is 1. The summed E-state index contributed by atoms with van der Waals surface area (Å²) in [4.78, 5) is 0. The molecular formula is C14H17N. The van der Waals surface area contributed by atoms with Crippen LogP contribution >= 0.6 is 0 Å². The third-order valence-electron chi connectivity index (χ3n) is 3.08. The van der Waals surface area contributed by atoms with E-state index in [4.69, 9.17) is 5.73 Å². The Morgan fingerprint density at radius 1 is 1.07 bits per heavy atom. The average molecular weight is 199 g/mol. The molecule has 1 nitrogen and oxygen atoms in total. The summed E-state index contributed by atoms with van der Waals surface area (Å²) in [5.41, 5.74) is 9.43. The maximum atomic E-state index is 5.96. The first kappa shape index (κ1) is 10.0. The molecule has 0 aliphatic heterocycles. The van der Waals surface area contributed by atoms with E-state index in [9.17, 15) is 0 Å². The fourth-order valence-corrected chi connectivity index (χ4v) is 2.15. The SMILES string of the molecule is CC1=CC(C)C(c2ccccc2)C=C1N. The standard InChI is InChI=1S/C14H17N/c1-10-8-11(2)14(15)9-13(10)12-6-4-3-5-7-12/h3-10,13H,15H2,1-2H3. The first-order valence-electron chi connectivity index (χ1n) is 5.39. The van der Waals surface area contributed by atoms with Gasteiger partial charge < -0.3 is 5.73 Å². The average Bonchev–Trinajstić information content (AvgIpc) is 2.25. The molecule has 0 aromatic heterocycles. The molecule has 0 saturated carbocycles. The van der Waals surface area contributed by atoms with Gasteiger partial charge in [0.1, 0.15) is 0 Å². The Morgan fingerprint density at radius 2 is 1.73 bits per heavy atom. The van der Waals surface area contributed by atoms with E-state index in [1.807, 2.05) is 6.07 Å². The van der Waals surface area contributed by atoms with Crippen molar-refractivity contribution in [1.29, 1.82) is 0 Å². The molecule has 0 spiro atoms. The minimum Gasteiger partial charge on any atom is -0.399 e. The molecule has 78 valence electrons. The molecule has 2 unspecified atom stereocenters. The molecule has 2 N–H and O–H groups in total. The summed E-state index contributed by atoms with van der Waals surface area (Å²) in [7, 11) is 0. The van der Waals surface area contributed by atoms with Gasteiger partial charge in [0.2, 0.25) is 0 Å². The second-order valence-corrected chi connectivity index (χ2v) is 4.27. The van der Waals surface area contributed by atoms with Crippen LogP contribution in [0.4, 0.5) is 0 Å². The van der Waals surface area contributed by atoms with Crippen LogP contribution in [0.3, 0.4) is 0 Å². The predicted octanol–water partition coefficient (Wildman–Crippen LogP) is 3.21. The zero-order valence-corrected chi connectivity index (χ0v) is 9.27. The molecule has 0 bridgehead atoms. The van der Waals surface area contributed by atoms with Crippen molar-refractivity contribution in [3.8, 4) is 0 Å². The first-order valence-corrected chi connectivity index (χ1v) is 5.39. The van der Waals surface area contributed by atoms with Crippen molar-refractivity contribution in [3.05, 3.63) is 59.3 Å². The van der Waals surface area contributed by atoms with Gasteiger partial charge in [-0.15, -0.1) is 0 Å². The fraction of sp³-hybridized carbons (Fsp3) is 0.286. The number of hydrogen-bond donors (Lipinski definition) is 1. The lowest BCUT2D eigenvalue weighted by Crippen LogP contribution is -2.14. The fourth-order valence-electron chi connectivity index (χ4n) is 2.15. The number of rotatable bonds is 1. The second kappa shape index (κ2) is 3.93. The summed E-state index contributed by atoms with van der Waals surface area (Å²) >= 11 is 0. The molecule has 1 aliphatic carbocycles. The van der Waals surface area contributed by atoms with Gasteiger partial charge in [-0.1, -0.05) is 49.4 Å². The Bertz CT molecular complexity index is 401. The molecule has 1 heteroatoms. The van der Waals surface area contributed by atoms with Gasteiger partial charge in [-0.25, -0.2) is 0 Å². The molecule has 1 aromatic carbocycles. The van der Waals surface area contributed by atoms with E-state index in [1.165, 1.54) is 11.1 Å². The Kier molecular flexibility index (Phi) is 2.63. The van der Waals surface area contributed by atoms with Crippen molar-refractivity contribution in [2.45, 2.75) is 19.8 Å². The van der Waals surface area contributed by atoms with Crippen LogP contribution in [0, 0.1) is 5.92 Å². The number of allylic oxidation sites excluding steroid dienone is 3. The highest BCUT2D eigenvalue weighted by Gasteiger charge is 2.19. The lowest BCUT2D eigenvalue weighted by atomic mass is 9.81. The van der Waals surface area contributed by atoms with Gasteiger partial charge in [-0.2, -0.15) is 0 Å². The maximum absolute atomic E-state index is 5.96. The van der Waals surface area contributed by atoms with E-state index in [0.717, 1.165) is 5.70 Å². The lowest BCUT2D eigenvalue weighted by Gasteiger charge is -2.24. The normalized spacial score (nSPS) is 25.7. The summed E-state index contributed by atoms with van der Waals surface area (Å²) < 4.78 is 0. The number of hydrogen-bond acceptors (Lipinski definition) is 1. The third kappa shape index (κ3) is 1.96. The monoisotopic (exact) mass is 199 g/mol. The summed E-state index contributed by atoms with van der Waals surface area (Å²) in [6, 6.07) is 10.5. The van der Waals surface area contributed by atoms with E-state index < -0.39 is 0 Å². The minimum absolute atomic E-state index is 0.426. The van der Waals surface area contributed by atoms with Gasteiger partial charge in [0.15, 0.2) is 0 Å². The van der Waals surface area contributed by atoms with Crippen LogP contribution in [0.2, 0.25) is 0 Å². The summed E-state index contributed by atoms with van der Waals surface area (Å²) in [5.74, 6) is 0.953. The third-order valence-corrected chi connectivity index (χ3v) is 3.08. The van der Waals surface area contributed by atoms with Crippen LogP contribution in [0.15, 0.2) is 53.8 Å². The van der Waals surface area contributed by atoms with Gasteiger partial charge in [-0.3, -0.25) is 0 Å². The smallest absolute Gasteiger partial charge is 0.0306 e. The van der Waals surface area contributed by atoms with Crippen molar-refractivity contribution < 1.29 is 0 Å². The molecule has 0 radical (unpaired) electrons. The lowest BCUT2D eigenvalue weighted by molar-refractivity contribution is 0.623. The number of benzene rings is 1. The van der Waals surface area contributed by atoms with Crippen molar-refractivity contribution in [1.82, 2.24) is 0 Å². The Morgan fingerprint density at radius 3 is 2.40 bits per heavy atom. The zero-order valence-electron chi connectivity index (χ0n) is 9.27. The Hall–Kier alpha value is -1.50. The highest BCUT2D eigenvalue weighted by Crippen LogP contribution is 2.33. The molecular weight excluding hydrogens is 182 g/mol. The van der Waals surface area contributed by atoms with Crippen molar-refractivity contribution in [3.63, 3.8) is 0 Å². The molecule has 1 aromatic rings. The van der Waals surface area contributed by atoms with Crippen LogP contribution in [-0.2, 0) is 0 Å². The van der Waals surface area contributed by atoms with Crippen molar-refractivity contribution in [2.75, 3.05) is 0 Å². The topological polar surface area (TPSA) is 26.0 Å². The van der Waals surface area contributed by atoms with Crippen LogP contribution < -0.4 is 5.73 Å². The van der Waals surface area contributed by atoms with Gasteiger partial charge in [0, 0.05) is 11.6 Å². The van der Waals surface area contributed by atoms with E-state index in [1.54, 1.807) is 0 Å². The van der Waals surface area contributed by atoms with E-state index >= 15 is 0 Å². The van der Waals surface area contributed by atoms with Gasteiger partial charge in [0.05, 0.1) is 0 Å². The molecule has 0 amide bonds. The van der Waals surface area contributed by atoms with Crippen LogP contribution in [-0.4, -0.2) is 0 Å². The Balaban J connectivity index is 2.33. The molecule has 0 heterocycles. The van der Waals surface area contributed by atoms with E-state index in [0.29, 0.717) is 11.8 Å². The largest absolute Gasteiger partial charge is 0.399 e. The summed E-state index contributed by atoms with van der Waals surface area (Å²) in [6.45, 7) is 4.31. The van der Waals surface area contributed by atoms with Crippen LogP contribution in [0.5, 0.6) is 0 Å². The van der Waals surface area contributed by atoms with Crippen molar-refractivity contribution in [2.24, 2.45) is 11.7 Å². The minimum atomic E-state index is 0.426. The first-order chi connectivity index (χ1) is 7.18. The molecule has 2 rings (SSSR count). The molecule has 15 heavy (non-hydrogen) atoms. The highest BCUT2D eigenvalue weighted by atomic mass is 14.6. The highest BCUT2D eigenvalue weighted by molar-refractivity contribution is 5.38. The molecule has 0 fully saturated rings. The van der Waals surface area contributed by atoms with Crippen molar-refractivity contribution >= 4 is 0 Å². The maximum Gasteiger partial charge on any atom is 0.0306 e. The zero-order chi connectivity index (χ0) is 10.8. The summed E-state index contributed by atoms with van der Waals surface area (Å²) in [5, 5.41) is 0. The molecule has 2 atom stereocenters. The molecule has 0 saturated heterocycles. The van der Waals surface area contributed by atoms with Gasteiger partial charge >= 0.3 is 0 Å².